The van der Waals surface area contributed by atoms with Gasteiger partial charge in [0.15, 0.2) is 6.10 Å². The largest absolute Gasteiger partial charge is 0.453 e. The second kappa shape index (κ2) is 15.6. The molecule has 0 fully saturated rings. The minimum Gasteiger partial charge on any atom is -0.453 e. The van der Waals surface area contributed by atoms with Crippen LogP contribution in [0.5, 0.6) is 0 Å². The van der Waals surface area contributed by atoms with Gasteiger partial charge in [-0.1, -0.05) is 127 Å². The zero-order chi connectivity index (χ0) is 29.7. The number of fused-ring (bicyclic) bond motifs is 1. The van der Waals surface area contributed by atoms with Crippen LogP contribution in [0.4, 0.5) is 0 Å². The number of hydrogen-bond donors (Lipinski definition) is 0. The third kappa shape index (κ3) is 8.72. The normalized spacial score (nSPS) is 13.2. The Balaban J connectivity index is 1.40. The molecule has 0 saturated carbocycles. The number of benzene rings is 5. The van der Waals surface area contributed by atoms with Crippen molar-refractivity contribution in [2.24, 2.45) is 0 Å². The molecule has 0 aliphatic heterocycles. The third-order valence-corrected chi connectivity index (χ3v) is 7.13. The van der Waals surface area contributed by atoms with Crippen LogP contribution in [0, 0.1) is 0 Å². The van der Waals surface area contributed by atoms with Crippen molar-refractivity contribution in [2.45, 2.75) is 38.1 Å². The van der Waals surface area contributed by atoms with Gasteiger partial charge < -0.3 is 18.9 Å². The summed E-state index contributed by atoms with van der Waals surface area (Å²) in [6.45, 7) is 5.15. The molecule has 0 radical (unpaired) electrons. The van der Waals surface area contributed by atoms with Crippen LogP contribution >= 0.6 is 0 Å². The zero-order valence-electron chi connectivity index (χ0n) is 24.1. The maximum absolute atomic E-state index is 13.6. The molecule has 0 N–H and O–H groups in total. The Labute approximate surface area is 253 Å². The Morgan fingerprint density at radius 1 is 0.628 bits per heavy atom. The number of ether oxygens (including phenoxy) is 4. The monoisotopic (exact) mass is 572 g/mol. The first kappa shape index (κ1) is 29.9. The van der Waals surface area contributed by atoms with Crippen LogP contribution < -0.4 is 0 Å². The summed E-state index contributed by atoms with van der Waals surface area (Å²) < 4.78 is 25.1. The summed E-state index contributed by atoms with van der Waals surface area (Å²) in [5.74, 6) is -0.460. The van der Waals surface area contributed by atoms with Gasteiger partial charge in [-0.15, -0.1) is 6.58 Å². The summed E-state index contributed by atoms with van der Waals surface area (Å²) in [7, 11) is 0. The van der Waals surface area contributed by atoms with Crippen LogP contribution in [-0.4, -0.2) is 30.9 Å². The predicted octanol–water partition coefficient (Wildman–Crippen LogP) is 7.94. The molecule has 0 aliphatic carbocycles. The first-order valence-corrected chi connectivity index (χ1v) is 14.4. The lowest BCUT2D eigenvalue weighted by Gasteiger charge is -2.32. The molecule has 3 atom stereocenters. The average molecular weight is 573 g/mol. The van der Waals surface area contributed by atoms with Crippen molar-refractivity contribution in [1.82, 2.24) is 0 Å². The van der Waals surface area contributed by atoms with Gasteiger partial charge >= 0.3 is 5.97 Å². The van der Waals surface area contributed by atoms with Gasteiger partial charge in [0, 0.05) is 0 Å². The van der Waals surface area contributed by atoms with Crippen LogP contribution in [0.15, 0.2) is 146 Å². The molecule has 5 aromatic carbocycles. The van der Waals surface area contributed by atoms with E-state index in [2.05, 4.69) is 6.58 Å². The molecule has 0 unspecified atom stereocenters. The summed E-state index contributed by atoms with van der Waals surface area (Å²) in [6, 6.07) is 43.1. The number of rotatable bonds is 15. The highest BCUT2D eigenvalue weighted by molar-refractivity contribution is 5.95. The van der Waals surface area contributed by atoms with Crippen molar-refractivity contribution in [2.75, 3.05) is 6.61 Å². The van der Waals surface area contributed by atoms with Crippen LogP contribution in [0.1, 0.15) is 27.0 Å². The molecule has 5 aromatic rings. The van der Waals surface area contributed by atoms with Gasteiger partial charge in [-0.25, -0.2) is 4.79 Å². The lowest BCUT2D eigenvalue weighted by Crippen LogP contribution is -2.45. The topological polar surface area (TPSA) is 54.0 Å². The molecule has 218 valence electrons. The van der Waals surface area contributed by atoms with Gasteiger partial charge in [0.1, 0.15) is 12.2 Å². The SMILES string of the molecule is C=C[C@@H](OCc1ccccc1)[C@H](OCc1ccccc1)[C@@H](COCc1ccccc1)OC(=O)c1ccc2ccccc2c1. The summed E-state index contributed by atoms with van der Waals surface area (Å²) in [5.41, 5.74) is 3.47. The number of hydrogen-bond acceptors (Lipinski definition) is 5. The van der Waals surface area contributed by atoms with Crippen LogP contribution in [-0.2, 0) is 38.8 Å². The van der Waals surface area contributed by atoms with Gasteiger partial charge in [-0.05, 0) is 39.6 Å². The van der Waals surface area contributed by atoms with E-state index in [-0.39, 0.29) is 6.61 Å². The van der Waals surface area contributed by atoms with E-state index >= 15 is 0 Å². The summed E-state index contributed by atoms with van der Waals surface area (Å²) in [5, 5.41) is 2.01. The first-order chi connectivity index (χ1) is 21.2. The fourth-order valence-electron chi connectivity index (χ4n) is 4.83. The lowest BCUT2D eigenvalue weighted by atomic mass is 10.1. The van der Waals surface area contributed by atoms with Gasteiger partial charge in [-0.2, -0.15) is 0 Å². The summed E-state index contributed by atoms with van der Waals surface area (Å²) in [6.07, 6.45) is -0.363. The Kier molecular flexibility index (Phi) is 10.9. The van der Waals surface area contributed by atoms with E-state index in [1.54, 1.807) is 12.1 Å². The smallest absolute Gasteiger partial charge is 0.338 e. The highest BCUT2D eigenvalue weighted by atomic mass is 16.6. The maximum atomic E-state index is 13.6. The van der Waals surface area contributed by atoms with E-state index in [0.29, 0.717) is 25.4 Å². The molecule has 0 spiro atoms. The molecule has 5 nitrogen and oxygen atoms in total. The van der Waals surface area contributed by atoms with Crippen LogP contribution in [0.3, 0.4) is 0 Å². The second-order valence-electron chi connectivity index (χ2n) is 10.3. The van der Waals surface area contributed by atoms with Crippen molar-refractivity contribution in [3.05, 3.63) is 168 Å². The number of carbonyl (C=O) groups is 1. The highest BCUT2D eigenvalue weighted by Gasteiger charge is 2.34. The van der Waals surface area contributed by atoms with Gasteiger partial charge in [-0.3, -0.25) is 0 Å². The van der Waals surface area contributed by atoms with E-state index in [0.717, 1.165) is 27.5 Å². The van der Waals surface area contributed by atoms with Crippen molar-refractivity contribution in [1.29, 1.82) is 0 Å². The van der Waals surface area contributed by atoms with Crippen molar-refractivity contribution in [3.63, 3.8) is 0 Å². The minimum atomic E-state index is -0.787. The maximum Gasteiger partial charge on any atom is 0.338 e. The zero-order valence-corrected chi connectivity index (χ0v) is 24.1. The Bertz CT molecular complexity index is 1570. The molecular formula is C38H36O5. The Morgan fingerprint density at radius 2 is 1.16 bits per heavy atom. The number of esters is 1. The van der Waals surface area contributed by atoms with Gasteiger partial charge in [0.2, 0.25) is 0 Å². The molecule has 0 aliphatic rings. The second-order valence-corrected chi connectivity index (χ2v) is 10.3. The molecule has 0 heterocycles. The molecule has 5 rings (SSSR count). The number of carbonyl (C=O) groups excluding carboxylic acids is 1. The summed E-state index contributed by atoms with van der Waals surface area (Å²) in [4.78, 5) is 13.6. The van der Waals surface area contributed by atoms with E-state index in [9.17, 15) is 4.79 Å². The predicted molar refractivity (Wildman–Crippen MR) is 169 cm³/mol. The average Bonchev–Trinajstić information content (AvgIpc) is 3.07. The standard InChI is InChI=1S/C38H36O5/c1-2-35(41-26-30-16-8-4-9-17-30)37(42-27-31-18-10-5-11-19-31)36(28-40-25-29-14-6-3-7-15-29)43-38(39)34-23-22-32-20-12-13-21-33(32)24-34/h2-24,35-37H,1,25-28H2/t35-,36-,37+/m1/s1. The van der Waals surface area contributed by atoms with Crippen LogP contribution in [0.25, 0.3) is 10.8 Å². The first-order valence-electron chi connectivity index (χ1n) is 14.4. The molecule has 43 heavy (non-hydrogen) atoms. The third-order valence-electron chi connectivity index (χ3n) is 7.13. The van der Waals surface area contributed by atoms with E-state index in [4.69, 9.17) is 18.9 Å². The Morgan fingerprint density at radius 3 is 1.77 bits per heavy atom. The van der Waals surface area contributed by atoms with Crippen molar-refractivity contribution < 1.29 is 23.7 Å². The van der Waals surface area contributed by atoms with Crippen molar-refractivity contribution >= 4 is 16.7 Å². The quantitative estimate of drug-likeness (QED) is 0.0942. The Hall–Kier alpha value is -4.55. The lowest BCUT2D eigenvalue weighted by molar-refractivity contribution is -0.137. The summed E-state index contributed by atoms with van der Waals surface area (Å²) >= 11 is 0. The van der Waals surface area contributed by atoms with Crippen LogP contribution in [0.2, 0.25) is 0 Å². The highest BCUT2D eigenvalue weighted by Crippen LogP contribution is 2.22. The van der Waals surface area contributed by atoms with Crippen molar-refractivity contribution in [3.8, 4) is 0 Å². The fourth-order valence-corrected chi connectivity index (χ4v) is 4.83. The fraction of sp³-hybridized carbons (Fsp3) is 0.184. The minimum absolute atomic E-state index is 0.104. The van der Waals surface area contributed by atoms with Gasteiger partial charge in [0.25, 0.3) is 0 Å². The molecule has 5 heteroatoms. The molecule has 0 aromatic heterocycles. The van der Waals surface area contributed by atoms with E-state index in [1.165, 1.54) is 0 Å². The molecule has 0 saturated heterocycles. The van der Waals surface area contributed by atoms with E-state index in [1.807, 2.05) is 127 Å². The molecular weight excluding hydrogens is 536 g/mol. The van der Waals surface area contributed by atoms with Gasteiger partial charge in [0.05, 0.1) is 32.0 Å². The molecule has 0 amide bonds. The molecule has 0 bridgehead atoms. The van der Waals surface area contributed by atoms with E-state index < -0.39 is 24.3 Å².